The minimum absolute atomic E-state index is 0.731. The zero-order chi connectivity index (χ0) is 19.4. The number of nitrogens with one attached hydrogen (secondary N) is 1. The molecule has 4 rings (SSSR count). The summed E-state index contributed by atoms with van der Waals surface area (Å²) >= 11 is 1.83. The molecule has 0 atom stereocenters. The summed E-state index contributed by atoms with van der Waals surface area (Å²) in [5.74, 6) is -1.71. The van der Waals surface area contributed by atoms with Crippen LogP contribution in [0.2, 0.25) is 0 Å². The molecule has 2 N–H and O–H groups in total. The number of carboxylic acid groups (broad SMARTS) is 1. The Morgan fingerprint density at radius 1 is 1.15 bits per heavy atom. The van der Waals surface area contributed by atoms with Gasteiger partial charge in [-0.15, -0.1) is 11.3 Å². The first-order valence-corrected chi connectivity index (χ1v) is 8.92. The summed E-state index contributed by atoms with van der Waals surface area (Å²) in [4.78, 5) is 10.2. The van der Waals surface area contributed by atoms with Gasteiger partial charge in [-0.25, -0.2) is 4.79 Å². The molecule has 0 radical (unpaired) electrons. The predicted molar refractivity (Wildman–Crippen MR) is 98.2 cm³/mol. The predicted octanol–water partition coefficient (Wildman–Crippen LogP) is 4.68. The molecule has 0 amide bonds. The summed E-state index contributed by atoms with van der Waals surface area (Å²) in [6.07, 6.45) is -5.08. The van der Waals surface area contributed by atoms with Crippen LogP contribution in [-0.4, -0.2) is 30.4 Å². The molecule has 0 aliphatic carbocycles. The maximum absolute atomic E-state index is 10.6. The van der Waals surface area contributed by atoms with E-state index in [1.165, 1.54) is 26.1 Å². The topological polar surface area (TPSA) is 58.6 Å². The van der Waals surface area contributed by atoms with E-state index < -0.39 is 12.1 Å². The maximum atomic E-state index is 10.6. The zero-order valence-electron chi connectivity index (χ0n) is 14.0. The van der Waals surface area contributed by atoms with Crippen molar-refractivity contribution in [3.05, 3.63) is 54.1 Å². The molecular weight excluding hydrogens is 379 g/mol. The molecule has 0 unspecified atom stereocenters. The molecule has 1 aromatic heterocycles. The molecule has 27 heavy (non-hydrogen) atoms. The zero-order valence-corrected chi connectivity index (χ0v) is 14.9. The van der Waals surface area contributed by atoms with Gasteiger partial charge in [0.05, 0.1) is 0 Å². The number of fused-ring (bicyclic) bond motifs is 2. The number of hydrogen-bond acceptors (Lipinski definition) is 4. The third-order valence-corrected chi connectivity index (χ3v) is 5.02. The lowest BCUT2D eigenvalue weighted by Crippen LogP contribution is -2.21. The summed E-state index contributed by atoms with van der Waals surface area (Å²) in [5, 5.41) is 11.8. The Morgan fingerprint density at radius 3 is 2.59 bits per heavy atom. The van der Waals surface area contributed by atoms with Crippen LogP contribution in [0, 0.1) is 0 Å². The van der Waals surface area contributed by atoms with Gasteiger partial charge >= 0.3 is 12.1 Å². The highest BCUT2D eigenvalue weighted by molar-refractivity contribution is 7.22. The van der Waals surface area contributed by atoms with Crippen molar-refractivity contribution in [2.45, 2.75) is 12.7 Å². The van der Waals surface area contributed by atoms with Crippen molar-refractivity contribution in [2.75, 3.05) is 13.2 Å². The molecular formula is C19H16F3NO3S. The Hall–Kier alpha value is -2.58. The number of ether oxygens (including phenoxy) is 1. The van der Waals surface area contributed by atoms with E-state index in [0.29, 0.717) is 0 Å². The van der Waals surface area contributed by atoms with Crippen LogP contribution in [0.3, 0.4) is 0 Å². The van der Waals surface area contributed by atoms with Crippen LogP contribution in [0.5, 0.6) is 5.75 Å². The maximum Gasteiger partial charge on any atom is 0.490 e. The first-order valence-electron chi connectivity index (χ1n) is 8.11. The van der Waals surface area contributed by atoms with Crippen molar-refractivity contribution in [2.24, 2.45) is 0 Å². The van der Waals surface area contributed by atoms with Crippen molar-refractivity contribution < 1.29 is 27.8 Å². The van der Waals surface area contributed by atoms with Gasteiger partial charge in [-0.3, -0.25) is 0 Å². The quantitative estimate of drug-likeness (QED) is 0.628. The molecule has 0 fully saturated rings. The van der Waals surface area contributed by atoms with E-state index in [4.69, 9.17) is 14.6 Å². The van der Waals surface area contributed by atoms with E-state index >= 15 is 0 Å². The Bertz CT molecular complexity index is 920. The first kappa shape index (κ1) is 19.2. The fourth-order valence-electron chi connectivity index (χ4n) is 2.65. The molecule has 0 spiro atoms. The van der Waals surface area contributed by atoms with Crippen LogP contribution in [0.25, 0.3) is 20.5 Å². The van der Waals surface area contributed by atoms with Crippen LogP contribution >= 0.6 is 11.3 Å². The molecule has 1 aliphatic rings. The van der Waals surface area contributed by atoms with Gasteiger partial charge in [0.2, 0.25) is 0 Å². The summed E-state index contributed by atoms with van der Waals surface area (Å²) in [5.41, 5.74) is 2.46. The summed E-state index contributed by atoms with van der Waals surface area (Å²) in [6, 6.07) is 17.2. The number of halogens is 3. The SMILES string of the molecule is O=C(O)C(F)(F)F.c1cc2c(c(-c3cc4ccccc4s3)c1)OCCNC2. The average Bonchev–Trinajstić information content (AvgIpc) is 2.91. The molecule has 3 aromatic rings. The van der Waals surface area contributed by atoms with Crippen LogP contribution < -0.4 is 10.1 Å². The monoisotopic (exact) mass is 395 g/mol. The van der Waals surface area contributed by atoms with Crippen LogP contribution in [0.4, 0.5) is 13.2 Å². The van der Waals surface area contributed by atoms with Gasteiger partial charge in [0.25, 0.3) is 0 Å². The van der Waals surface area contributed by atoms with Crippen molar-refractivity contribution >= 4 is 27.4 Å². The van der Waals surface area contributed by atoms with E-state index in [2.05, 4.69) is 53.8 Å². The smallest absolute Gasteiger partial charge is 0.490 e. The van der Waals surface area contributed by atoms with E-state index in [9.17, 15) is 13.2 Å². The van der Waals surface area contributed by atoms with Crippen molar-refractivity contribution in [1.82, 2.24) is 5.32 Å². The fraction of sp³-hybridized carbons (Fsp3) is 0.211. The van der Waals surface area contributed by atoms with Crippen molar-refractivity contribution in [3.8, 4) is 16.2 Å². The molecule has 142 valence electrons. The van der Waals surface area contributed by atoms with Crippen LogP contribution in [-0.2, 0) is 11.3 Å². The van der Waals surface area contributed by atoms with Crippen molar-refractivity contribution in [1.29, 1.82) is 0 Å². The second-order valence-corrected chi connectivity index (χ2v) is 6.85. The van der Waals surface area contributed by atoms with E-state index in [1.807, 2.05) is 11.3 Å². The van der Waals surface area contributed by atoms with Crippen molar-refractivity contribution in [3.63, 3.8) is 0 Å². The number of hydrogen-bond donors (Lipinski definition) is 2. The number of aliphatic carboxylic acids is 1. The highest BCUT2D eigenvalue weighted by Crippen LogP contribution is 2.40. The highest BCUT2D eigenvalue weighted by Gasteiger charge is 2.38. The van der Waals surface area contributed by atoms with Crippen LogP contribution in [0.1, 0.15) is 5.56 Å². The van der Waals surface area contributed by atoms with Gasteiger partial charge in [-0.2, -0.15) is 13.2 Å². The Balaban J connectivity index is 0.000000260. The number of alkyl halides is 3. The summed E-state index contributed by atoms with van der Waals surface area (Å²) < 4.78 is 39.0. The lowest BCUT2D eigenvalue weighted by molar-refractivity contribution is -0.192. The fourth-order valence-corrected chi connectivity index (χ4v) is 3.74. The number of para-hydroxylation sites is 1. The third kappa shape index (κ3) is 4.58. The number of thiophene rings is 1. The Kier molecular flexibility index (Phi) is 5.67. The van der Waals surface area contributed by atoms with E-state index in [1.54, 1.807) is 0 Å². The van der Waals surface area contributed by atoms with E-state index in [-0.39, 0.29) is 0 Å². The summed E-state index contributed by atoms with van der Waals surface area (Å²) in [7, 11) is 0. The third-order valence-electron chi connectivity index (χ3n) is 3.87. The largest absolute Gasteiger partial charge is 0.491 e. The van der Waals surface area contributed by atoms with Gasteiger partial charge in [0.1, 0.15) is 12.4 Å². The standard InChI is InChI=1S/C17H15NOS.C2HF3O2/c1-2-7-15-12(4-1)10-16(20-15)14-6-3-5-13-11-18-8-9-19-17(13)14;3-2(4,5)1(6)7/h1-7,10,18H,8-9,11H2;(H,6,7). The number of benzene rings is 2. The molecule has 0 bridgehead atoms. The lowest BCUT2D eigenvalue weighted by Gasteiger charge is -2.11. The molecule has 2 heterocycles. The molecule has 2 aromatic carbocycles. The summed E-state index contributed by atoms with van der Waals surface area (Å²) in [6.45, 7) is 2.52. The van der Waals surface area contributed by atoms with Crippen LogP contribution in [0.15, 0.2) is 48.5 Å². The number of carbonyl (C=O) groups is 1. The van der Waals surface area contributed by atoms with E-state index in [0.717, 1.165) is 25.4 Å². The van der Waals surface area contributed by atoms with Gasteiger partial charge in [-0.1, -0.05) is 30.3 Å². The Labute approximate surface area is 157 Å². The molecule has 0 saturated carbocycles. The number of carboxylic acids is 1. The molecule has 0 saturated heterocycles. The van der Waals surface area contributed by atoms with Gasteiger partial charge in [-0.05, 0) is 23.6 Å². The van der Waals surface area contributed by atoms with Gasteiger partial charge < -0.3 is 15.2 Å². The minimum Gasteiger partial charge on any atom is -0.491 e. The lowest BCUT2D eigenvalue weighted by atomic mass is 10.1. The first-order chi connectivity index (χ1) is 12.9. The molecule has 1 aliphatic heterocycles. The minimum atomic E-state index is -5.08. The normalized spacial score (nSPS) is 13.7. The highest BCUT2D eigenvalue weighted by atomic mass is 32.1. The molecule has 4 nitrogen and oxygen atoms in total. The second kappa shape index (κ2) is 7.98. The van der Waals surface area contributed by atoms with Gasteiger partial charge in [0.15, 0.2) is 0 Å². The number of rotatable bonds is 1. The Morgan fingerprint density at radius 2 is 1.89 bits per heavy atom. The average molecular weight is 395 g/mol. The second-order valence-electron chi connectivity index (χ2n) is 5.77. The van der Waals surface area contributed by atoms with Gasteiger partial charge in [0, 0.05) is 33.8 Å². The molecule has 8 heteroatoms.